The molecule has 0 spiro atoms. The lowest BCUT2D eigenvalue weighted by atomic mass is 10.1. The third-order valence-corrected chi connectivity index (χ3v) is 3.82. The summed E-state index contributed by atoms with van der Waals surface area (Å²) in [5, 5.41) is 13.7. The summed E-state index contributed by atoms with van der Waals surface area (Å²) < 4.78 is 38.0. The molecule has 0 saturated carbocycles. The van der Waals surface area contributed by atoms with Gasteiger partial charge in [0.05, 0.1) is 10.7 Å². The van der Waals surface area contributed by atoms with E-state index < -0.39 is 23.6 Å². The molecule has 2 amide bonds. The Morgan fingerprint density at radius 2 is 1.65 bits per heavy atom. The monoisotopic (exact) mass is 386 g/mol. The normalized spacial score (nSPS) is 13.6. The Morgan fingerprint density at radius 1 is 1.04 bits per heavy atom. The first-order valence-electron chi connectivity index (χ1n) is 7.29. The molecule has 5 nitrogen and oxygen atoms in total. The molecular formula is C17H14ClF3N2O3. The number of halogens is 4. The highest BCUT2D eigenvalue weighted by molar-refractivity contribution is 6.34. The molecule has 0 bridgehead atoms. The summed E-state index contributed by atoms with van der Waals surface area (Å²) in [5.41, 5.74) is -3.07. The Labute approximate surface area is 151 Å². The van der Waals surface area contributed by atoms with E-state index in [4.69, 9.17) is 11.6 Å². The summed E-state index contributed by atoms with van der Waals surface area (Å²) in [5.74, 6) is -2.17. The van der Waals surface area contributed by atoms with Crippen LogP contribution in [0.1, 0.15) is 17.3 Å². The Hall–Kier alpha value is -2.58. The van der Waals surface area contributed by atoms with Crippen LogP contribution in [-0.4, -0.2) is 28.7 Å². The molecular weight excluding hydrogens is 373 g/mol. The van der Waals surface area contributed by atoms with E-state index in [0.717, 1.165) is 0 Å². The van der Waals surface area contributed by atoms with E-state index in [1.54, 1.807) is 30.3 Å². The molecule has 138 valence electrons. The summed E-state index contributed by atoms with van der Waals surface area (Å²) >= 11 is 5.93. The number of alkyl halides is 3. The molecule has 0 saturated heterocycles. The summed E-state index contributed by atoms with van der Waals surface area (Å²) in [6.07, 6.45) is -5.15. The zero-order valence-electron chi connectivity index (χ0n) is 13.4. The van der Waals surface area contributed by atoms with Gasteiger partial charge in [0.1, 0.15) is 0 Å². The van der Waals surface area contributed by atoms with Gasteiger partial charge in [-0.05, 0) is 37.3 Å². The molecule has 0 aliphatic rings. The van der Waals surface area contributed by atoms with Crippen LogP contribution >= 0.6 is 11.6 Å². The van der Waals surface area contributed by atoms with Crippen molar-refractivity contribution in [3.63, 3.8) is 0 Å². The minimum absolute atomic E-state index is 0.138. The lowest BCUT2D eigenvalue weighted by Crippen LogP contribution is -2.52. The van der Waals surface area contributed by atoms with Gasteiger partial charge >= 0.3 is 6.18 Å². The van der Waals surface area contributed by atoms with Gasteiger partial charge in [-0.15, -0.1) is 0 Å². The molecule has 1 atom stereocenters. The van der Waals surface area contributed by atoms with Crippen LogP contribution in [0, 0.1) is 0 Å². The molecule has 0 radical (unpaired) electrons. The van der Waals surface area contributed by atoms with Crippen LogP contribution in [-0.2, 0) is 4.79 Å². The fourth-order valence-electron chi connectivity index (χ4n) is 1.86. The first-order valence-corrected chi connectivity index (χ1v) is 7.66. The molecule has 2 aromatic rings. The number of hydrogen-bond acceptors (Lipinski definition) is 3. The molecule has 0 fully saturated rings. The minimum atomic E-state index is -5.15. The van der Waals surface area contributed by atoms with Crippen molar-refractivity contribution in [3.8, 4) is 0 Å². The molecule has 9 heteroatoms. The van der Waals surface area contributed by atoms with E-state index >= 15 is 0 Å². The van der Waals surface area contributed by atoms with Crippen LogP contribution in [0.4, 0.5) is 24.5 Å². The number of anilines is 2. The predicted octanol–water partition coefficient (Wildman–Crippen LogP) is 3.84. The second-order valence-electron chi connectivity index (χ2n) is 5.54. The molecule has 0 heterocycles. The topological polar surface area (TPSA) is 78.4 Å². The van der Waals surface area contributed by atoms with Gasteiger partial charge in [-0.1, -0.05) is 29.8 Å². The zero-order chi connectivity index (χ0) is 19.5. The number of aliphatic hydroxyl groups is 1. The molecule has 2 aromatic carbocycles. The van der Waals surface area contributed by atoms with Crippen molar-refractivity contribution in [3.05, 3.63) is 59.1 Å². The summed E-state index contributed by atoms with van der Waals surface area (Å²) in [6, 6.07) is 12.2. The second-order valence-corrected chi connectivity index (χ2v) is 5.95. The smallest absolute Gasteiger partial charge is 0.373 e. The van der Waals surface area contributed by atoms with Crippen molar-refractivity contribution in [2.75, 3.05) is 10.6 Å². The highest BCUT2D eigenvalue weighted by Crippen LogP contribution is 2.32. The molecule has 0 aromatic heterocycles. The van der Waals surface area contributed by atoms with Crippen LogP contribution in [0.15, 0.2) is 48.5 Å². The number of carbonyl (C=O) groups excluding carboxylic acids is 2. The average molecular weight is 387 g/mol. The van der Waals surface area contributed by atoms with Crippen molar-refractivity contribution in [1.82, 2.24) is 0 Å². The highest BCUT2D eigenvalue weighted by atomic mass is 35.5. The van der Waals surface area contributed by atoms with Crippen molar-refractivity contribution in [1.29, 1.82) is 0 Å². The molecule has 0 aliphatic carbocycles. The molecule has 1 unspecified atom stereocenters. The largest absolute Gasteiger partial charge is 0.426 e. The van der Waals surface area contributed by atoms with E-state index in [2.05, 4.69) is 5.32 Å². The summed E-state index contributed by atoms with van der Waals surface area (Å²) in [7, 11) is 0. The Bertz CT molecular complexity index is 824. The molecule has 2 rings (SSSR count). The highest BCUT2D eigenvalue weighted by Gasteiger charge is 2.55. The van der Waals surface area contributed by atoms with Crippen molar-refractivity contribution in [2.45, 2.75) is 18.7 Å². The maximum atomic E-state index is 12.7. The van der Waals surface area contributed by atoms with Crippen LogP contribution < -0.4 is 10.6 Å². The average Bonchev–Trinajstić information content (AvgIpc) is 2.56. The third kappa shape index (κ3) is 4.33. The quantitative estimate of drug-likeness (QED) is 0.747. The Balaban J connectivity index is 2.14. The summed E-state index contributed by atoms with van der Waals surface area (Å²) in [6.45, 7) is 0.331. The van der Waals surface area contributed by atoms with Gasteiger partial charge in [-0.25, -0.2) is 0 Å². The third-order valence-electron chi connectivity index (χ3n) is 3.51. The maximum Gasteiger partial charge on any atom is 0.426 e. The van der Waals surface area contributed by atoms with E-state index in [1.165, 1.54) is 18.2 Å². The molecule has 3 N–H and O–H groups in total. The fraction of sp³-hybridized carbons (Fsp3) is 0.176. The lowest BCUT2D eigenvalue weighted by molar-refractivity contribution is -0.242. The van der Waals surface area contributed by atoms with E-state index in [-0.39, 0.29) is 16.3 Å². The van der Waals surface area contributed by atoms with Crippen LogP contribution in [0.25, 0.3) is 0 Å². The van der Waals surface area contributed by atoms with Crippen LogP contribution in [0.5, 0.6) is 0 Å². The Morgan fingerprint density at radius 3 is 2.19 bits per heavy atom. The number of hydrogen-bond donors (Lipinski definition) is 3. The van der Waals surface area contributed by atoms with E-state index in [1.807, 2.05) is 5.32 Å². The number of carbonyl (C=O) groups is 2. The zero-order valence-corrected chi connectivity index (χ0v) is 14.2. The SMILES string of the molecule is CC(O)(C(=O)Nc1ccc(C(=O)Nc2ccccc2)cc1Cl)C(F)(F)F. The summed E-state index contributed by atoms with van der Waals surface area (Å²) in [4.78, 5) is 23.8. The van der Waals surface area contributed by atoms with Gasteiger partial charge in [0.15, 0.2) is 0 Å². The maximum absolute atomic E-state index is 12.7. The van der Waals surface area contributed by atoms with Gasteiger partial charge in [0, 0.05) is 11.3 Å². The number of para-hydroxylation sites is 1. The number of amides is 2. The van der Waals surface area contributed by atoms with E-state index in [0.29, 0.717) is 12.6 Å². The standard InChI is InChI=1S/C17H14ClF3N2O3/c1-16(26,17(19,20)21)15(25)23-13-8-7-10(9-12(13)18)14(24)22-11-5-3-2-4-6-11/h2-9,26H,1H3,(H,22,24)(H,23,25). The number of rotatable bonds is 4. The first-order chi connectivity index (χ1) is 12.0. The number of nitrogens with one attached hydrogen (secondary N) is 2. The fourth-order valence-corrected chi connectivity index (χ4v) is 2.08. The second kappa shape index (κ2) is 7.35. The predicted molar refractivity (Wildman–Crippen MR) is 91.2 cm³/mol. The van der Waals surface area contributed by atoms with Gasteiger partial charge in [0.2, 0.25) is 5.60 Å². The van der Waals surface area contributed by atoms with Gasteiger partial charge in [-0.2, -0.15) is 13.2 Å². The van der Waals surface area contributed by atoms with Crippen molar-refractivity contribution in [2.24, 2.45) is 0 Å². The van der Waals surface area contributed by atoms with Crippen molar-refractivity contribution < 1.29 is 27.9 Å². The van der Waals surface area contributed by atoms with Crippen molar-refractivity contribution >= 4 is 34.8 Å². The first kappa shape index (κ1) is 19.7. The van der Waals surface area contributed by atoms with Crippen LogP contribution in [0.2, 0.25) is 5.02 Å². The van der Waals surface area contributed by atoms with Crippen LogP contribution in [0.3, 0.4) is 0 Å². The molecule has 26 heavy (non-hydrogen) atoms. The lowest BCUT2D eigenvalue weighted by Gasteiger charge is -2.25. The number of benzene rings is 2. The van der Waals surface area contributed by atoms with Gasteiger partial charge in [0.25, 0.3) is 11.8 Å². The Kier molecular flexibility index (Phi) is 5.58. The van der Waals surface area contributed by atoms with E-state index in [9.17, 15) is 27.9 Å². The molecule has 0 aliphatic heterocycles. The minimum Gasteiger partial charge on any atom is -0.373 e. The van der Waals surface area contributed by atoms with Gasteiger partial charge < -0.3 is 15.7 Å². The van der Waals surface area contributed by atoms with Gasteiger partial charge in [-0.3, -0.25) is 9.59 Å².